The maximum atomic E-state index is 9.93. The van der Waals surface area contributed by atoms with Crippen molar-refractivity contribution in [3.63, 3.8) is 0 Å². The standard InChI is InChI=1S/C17H30N4O2/c1-13-9-23-12-17(11-22,21(13)3)10-18-8-16-19-14-6-4-5-7-15(14)20(16)2/h13,18,22H,4-12H2,1-3H3/t13-,17+/m1/s1. The zero-order valence-corrected chi connectivity index (χ0v) is 14.6. The molecule has 130 valence electrons. The largest absolute Gasteiger partial charge is 0.394 e. The van der Waals surface area contributed by atoms with Gasteiger partial charge in [0.15, 0.2) is 0 Å². The average Bonchev–Trinajstić information content (AvgIpc) is 2.88. The Morgan fingerprint density at radius 3 is 2.87 bits per heavy atom. The fourth-order valence-corrected chi connectivity index (χ4v) is 3.80. The van der Waals surface area contributed by atoms with E-state index in [1.165, 1.54) is 24.2 Å². The SMILES string of the molecule is C[C@@H]1COC[C@@](CO)(CNCc2nc3c(n2C)CCCC3)N1C. The molecule has 2 atom stereocenters. The average molecular weight is 322 g/mol. The Kier molecular flexibility index (Phi) is 5.06. The first kappa shape index (κ1) is 16.9. The molecular weight excluding hydrogens is 292 g/mol. The summed E-state index contributed by atoms with van der Waals surface area (Å²) in [6.45, 7) is 4.95. The highest BCUT2D eigenvalue weighted by atomic mass is 16.5. The van der Waals surface area contributed by atoms with Gasteiger partial charge in [-0.05, 0) is 39.7 Å². The second kappa shape index (κ2) is 6.89. The second-order valence-corrected chi connectivity index (χ2v) is 7.15. The summed E-state index contributed by atoms with van der Waals surface area (Å²) in [5.74, 6) is 1.09. The molecule has 3 rings (SSSR count). The van der Waals surface area contributed by atoms with Crippen LogP contribution >= 0.6 is 0 Å². The Morgan fingerprint density at radius 1 is 1.35 bits per heavy atom. The van der Waals surface area contributed by atoms with Crippen molar-refractivity contribution in [1.29, 1.82) is 0 Å². The first-order chi connectivity index (χ1) is 11.1. The van der Waals surface area contributed by atoms with Crippen LogP contribution in [0.4, 0.5) is 0 Å². The molecule has 1 aromatic rings. The molecule has 6 heteroatoms. The van der Waals surface area contributed by atoms with E-state index in [1.807, 2.05) is 0 Å². The van der Waals surface area contributed by atoms with Gasteiger partial charge in [-0.25, -0.2) is 4.98 Å². The molecule has 1 aliphatic heterocycles. The molecule has 0 radical (unpaired) electrons. The van der Waals surface area contributed by atoms with Crippen LogP contribution in [0.5, 0.6) is 0 Å². The topological polar surface area (TPSA) is 62.6 Å². The van der Waals surface area contributed by atoms with Crippen LogP contribution in [-0.2, 0) is 31.2 Å². The van der Waals surface area contributed by atoms with Crippen molar-refractivity contribution in [2.45, 2.75) is 50.7 Å². The smallest absolute Gasteiger partial charge is 0.122 e. The molecule has 1 aliphatic carbocycles. The number of nitrogens with zero attached hydrogens (tertiary/aromatic N) is 3. The van der Waals surface area contributed by atoms with Crippen molar-refractivity contribution in [2.75, 3.05) is 33.4 Å². The van der Waals surface area contributed by atoms with E-state index in [0.717, 1.165) is 31.8 Å². The summed E-state index contributed by atoms with van der Waals surface area (Å²) in [4.78, 5) is 7.05. The monoisotopic (exact) mass is 322 g/mol. The van der Waals surface area contributed by atoms with Gasteiger partial charge >= 0.3 is 0 Å². The minimum Gasteiger partial charge on any atom is -0.394 e. The van der Waals surface area contributed by atoms with Gasteiger partial charge in [0, 0.05) is 25.3 Å². The lowest BCUT2D eigenvalue weighted by atomic mass is 9.96. The fourth-order valence-electron chi connectivity index (χ4n) is 3.80. The molecule has 0 spiro atoms. The molecular formula is C17H30N4O2. The lowest BCUT2D eigenvalue weighted by Gasteiger charge is -2.47. The van der Waals surface area contributed by atoms with Crippen LogP contribution in [0.15, 0.2) is 0 Å². The molecule has 0 aromatic carbocycles. The zero-order valence-electron chi connectivity index (χ0n) is 14.6. The number of aliphatic hydroxyl groups is 1. The summed E-state index contributed by atoms with van der Waals surface area (Å²) in [5, 5.41) is 13.4. The highest BCUT2D eigenvalue weighted by Gasteiger charge is 2.40. The highest BCUT2D eigenvalue weighted by Crippen LogP contribution is 2.23. The first-order valence-corrected chi connectivity index (χ1v) is 8.73. The lowest BCUT2D eigenvalue weighted by Crippen LogP contribution is -2.65. The molecule has 1 fully saturated rings. The van der Waals surface area contributed by atoms with Gasteiger partial charge in [0.2, 0.25) is 0 Å². The first-order valence-electron chi connectivity index (χ1n) is 8.73. The molecule has 1 aromatic heterocycles. The normalized spacial score (nSPS) is 28.8. The summed E-state index contributed by atoms with van der Waals surface area (Å²) < 4.78 is 7.94. The van der Waals surface area contributed by atoms with Gasteiger partial charge in [-0.15, -0.1) is 0 Å². The molecule has 0 amide bonds. The van der Waals surface area contributed by atoms with Gasteiger partial charge in [0.05, 0.1) is 37.6 Å². The summed E-state index contributed by atoms with van der Waals surface area (Å²) in [6.07, 6.45) is 4.78. The van der Waals surface area contributed by atoms with E-state index < -0.39 is 0 Å². The molecule has 2 aliphatic rings. The number of fused-ring (bicyclic) bond motifs is 1. The van der Waals surface area contributed by atoms with E-state index in [-0.39, 0.29) is 12.1 Å². The quantitative estimate of drug-likeness (QED) is 0.825. The van der Waals surface area contributed by atoms with Crippen LogP contribution in [0.2, 0.25) is 0 Å². The van der Waals surface area contributed by atoms with Crippen LogP contribution in [0, 0.1) is 0 Å². The third-order valence-corrected chi connectivity index (χ3v) is 5.64. The fraction of sp³-hybridized carbons (Fsp3) is 0.824. The Labute approximate surface area is 138 Å². The van der Waals surface area contributed by atoms with Crippen molar-refractivity contribution >= 4 is 0 Å². The molecule has 0 bridgehead atoms. The third kappa shape index (κ3) is 3.18. The number of aliphatic hydroxyl groups excluding tert-OH is 1. The minimum absolute atomic E-state index is 0.0951. The van der Waals surface area contributed by atoms with Crippen LogP contribution in [0.3, 0.4) is 0 Å². The molecule has 2 heterocycles. The maximum Gasteiger partial charge on any atom is 0.122 e. The Balaban J connectivity index is 1.63. The predicted molar refractivity (Wildman–Crippen MR) is 89.4 cm³/mol. The van der Waals surface area contributed by atoms with Crippen LogP contribution in [0.1, 0.15) is 37.0 Å². The minimum atomic E-state index is -0.345. The predicted octanol–water partition coefficient (Wildman–Crippen LogP) is 0.470. The van der Waals surface area contributed by atoms with Crippen molar-refractivity contribution in [2.24, 2.45) is 7.05 Å². The number of nitrogens with one attached hydrogen (secondary N) is 1. The van der Waals surface area contributed by atoms with Gasteiger partial charge in [-0.1, -0.05) is 0 Å². The molecule has 0 unspecified atom stereocenters. The number of aryl methyl sites for hydroxylation is 1. The Morgan fingerprint density at radius 2 is 2.13 bits per heavy atom. The van der Waals surface area contributed by atoms with E-state index in [1.54, 1.807) is 0 Å². The van der Waals surface area contributed by atoms with E-state index in [2.05, 4.69) is 35.8 Å². The van der Waals surface area contributed by atoms with Gasteiger partial charge < -0.3 is 19.7 Å². The van der Waals surface area contributed by atoms with E-state index in [4.69, 9.17) is 9.72 Å². The van der Waals surface area contributed by atoms with Crippen LogP contribution in [-0.4, -0.2) is 64.6 Å². The number of likely N-dealkylation sites (N-methyl/N-ethyl adjacent to an activating group) is 1. The molecule has 23 heavy (non-hydrogen) atoms. The van der Waals surface area contributed by atoms with Crippen molar-refractivity contribution < 1.29 is 9.84 Å². The number of imidazole rings is 1. The molecule has 2 N–H and O–H groups in total. The highest BCUT2D eigenvalue weighted by molar-refractivity contribution is 5.20. The molecule has 1 saturated heterocycles. The summed E-state index contributed by atoms with van der Waals surface area (Å²) >= 11 is 0. The maximum absolute atomic E-state index is 9.93. The summed E-state index contributed by atoms with van der Waals surface area (Å²) in [6, 6.07) is 0.318. The van der Waals surface area contributed by atoms with Gasteiger partial charge in [0.1, 0.15) is 5.82 Å². The number of ether oxygens (including phenoxy) is 1. The van der Waals surface area contributed by atoms with E-state index in [9.17, 15) is 5.11 Å². The number of rotatable bonds is 5. The summed E-state index contributed by atoms with van der Waals surface area (Å²) in [7, 11) is 4.19. The second-order valence-electron chi connectivity index (χ2n) is 7.15. The van der Waals surface area contributed by atoms with Gasteiger partial charge in [0.25, 0.3) is 0 Å². The van der Waals surface area contributed by atoms with Gasteiger partial charge in [-0.2, -0.15) is 0 Å². The number of aromatic nitrogens is 2. The van der Waals surface area contributed by atoms with Crippen molar-refractivity contribution in [1.82, 2.24) is 19.8 Å². The van der Waals surface area contributed by atoms with Crippen molar-refractivity contribution in [3.05, 3.63) is 17.2 Å². The zero-order chi connectivity index (χ0) is 16.4. The van der Waals surface area contributed by atoms with Gasteiger partial charge in [-0.3, -0.25) is 4.90 Å². The number of morpholine rings is 1. The van der Waals surface area contributed by atoms with Crippen LogP contribution < -0.4 is 5.32 Å². The van der Waals surface area contributed by atoms with Crippen molar-refractivity contribution in [3.8, 4) is 0 Å². The van der Waals surface area contributed by atoms with E-state index in [0.29, 0.717) is 19.2 Å². The molecule has 0 saturated carbocycles. The lowest BCUT2D eigenvalue weighted by molar-refractivity contribution is -0.106. The van der Waals surface area contributed by atoms with E-state index >= 15 is 0 Å². The molecule has 6 nitrogen and oxygen atoms in total. The third-order valence-electron chi connectivity index (χ3n) is 5.64. The Bertz CT molecular complexity index is 545. The Hall–Kier alpha value is -0.950. The summed E-state index contributed by atoms with van der Waals surface area (Å²) in [5.41, 5.74) is 2.33. The van der Waals surface area contributed by atoms with Crippen LogP contribution in [0.25, 0.3) is 0 Å². The number of hydrogen-bond acceptors (Lipinski definition) is 5. The number of hydrogen-bond donors (Lipinski definition) is 2.